The van der Waals surface area contributed by atoms with Crippen molar-refractivity contribution in [1.82, 2.24) is 9.29 Å². The van der Waals surface area contributed by atoms with Crippen molar-refractivity contribution in [3.05, 3.63) is 18.3 Å². The summed E-state index contributed by atoms with van der Waals surface area (Å²) < 4.78 is 32.8. The first-order valence-corrected chi connectivity index (χ1v) is 9.72. The maximum atomic E-state index is 12.9. The lowest BCUT2D eigenvalue weighted by atomic mass is 9.90. The van der Waals surface area contributed by atoms with Crippen molar-refractivity contribution in [3.63, 3.8) is 0 Å². The molecule has 3 heterocycles. The lowest BCUT2D eigenvalue weighted by molar-refractivity contribution is 0.164. The molecule has 6 nitrogen and oxygen atoms in total. The molecule has 1 unspecified atom stereocenters. The molecule has 0 spiro atoms. The van der Waals surface area contributed by atoms with E-state index in [1.54, 1.807) is 22.6 Å². The number of hydrogen-bond acceptors (Lipinski definition) is 5. The standard InChI is InChI=1S/C16H25N3O3S/c1-16(7-11-22-13-16)12-18-15-14(6-5-8-17-15)23(20,21)19-9-3-2-4-10-19/h5-6,8H,2-4,7,9-13H2,1H3,(H,17,18). The number of sulfonamides is 1. The number of hydrogen-bond donors (Lipinski definition) is 1. The molecule has 23 heavy (non-hydrogen) atoms. The van der Waals surface area contributed by atoms with Crippen LogP contribution in [0.25, 0.3) is 0 Å². The lowest BCUT2D eigenvalue weighted by Gasteiger charge is -2.27. The molecule has 2 aliphatic rings. The van der Waals surface area contributed by atoms with Crippen LogP contribution in [0.15, 0.2) is 23.2 Å². The van der Waals surface area contributed by atoms with E-state index in [-0.39, 0.29) is 10.3 Å². The SMILES string of the molecule is CC1(CNc2ncccc2S(=O)(=O)N2CCCCC2)CCOC1. The number of nitrogens with one attached hydrogen (secondary N) is 1. The zero-order valence-electron chi connectivity index (χ0n) is 13.6. The van der Waals surface area contributed by atoms with Gasteiger partial charge in [0.25, 0.3) is 0 Å². The molecular formula is C16H25N3O3S. The van der Waals surface area contributed by atoms with Crippen molar-refractivity contribution in [3.8, 4) is 0 Å². The first-order valence-electron chi connectivity index (χ1n) is 8.28. The topological polar surface area (TPSA) is 71.5 Å². The maximum Gasteiger partial charge on any atom is 0.246 e. The van der Waals surface area contributed by atoms with Crippen LogP contribution >= 0.6 is 0 Å². The van der Waals surface area contributed by atoms with Gasteiger partial charge in [-0.1, -0.05) is 13.3 Å². The molecule has 128 valence electrons. The van der Waals surface area contributed by atoms with Gasteiger partial charge in [0.05, 0.1) is 6.61 Å². The van der Waals surface area contributed by atoms with E-state index < -0.39 is 10.0 Å². The summed E-state index contributed by atoms with van der Waals surface area (Å²) in [6.07, 6.45) is 5.56. The summed E-state index contributed by atoms with van der Waals surface area (Å²) in [4.78, 5) is 4.56. The highest BCUT2D eigenvalue weighted by atomic mass is 32.2. The average molecular weight is 339 g/mol. The minimum absolute atomic E-state index is 0.0314. The van der Waals surface area contributed by atoms with Gasteiger partial charge in [-0.15, -0.1) is 0 Å². The normalized spacial score (nSPS) is 26.3. The van der Waals surface area contributed by atoms with Crippen LogP contribution in [0, 0.1) is 5.41 Å². The van der Waals surface area contributed by atoms with Gasteiger partial charge in [-0.25, -0.2) is 13.4 Å². The molecule has 2 saturated heterocycles. The number of anilines is 1. The van der Waals surface area contributed by atoms with Crippen LogP contribution in [-0.2, 0) is 14.8 Å². The highest BCUT2D eigenvalue weighted by molar-refractivity contribution is 7.89. The average Bonchev–Trinajstić information content (AvgIpc) is 3.01. The number of pyridine rings is 1. The zero-order chi connectivity index (χ0) is 16.3. The van der Waals surface area contributed by atoms with Crippen molar-refractivity contribution < 1.29 is 13.2 Å². The highest BCUT2D eigenvalue weighted by Gasteiger charge is 2.32. The first kappa shape index (κ1) is 16.7. The molecule has 0 amide bonds. The third kappa shape index (κ3) is 3.67. The van der Waals surface area contributed by atoms with Crippen molar-refractivity contribution >= 4 is 15.8 Å². The van der Waals surface area contributed by atoms with E-state index in [4.69, 9.17) is 4.74 Å². The Hall–Kier alpha value is -1.18. The fourth-order valence-corrected chi connectivity index (χ4v) is 4.76. The summed E-state index contributed by atoms with van der Waals surface area (Å²) in [7, 11) is -3.48. The smallest absolute Gasteiger partial charge is 0.246 e. The van der Waals surface area contributed by atoms with Crippen LogP contribution in [0.2, 0.25) is 0 Å². The Morgan fingerprint density at radius 3 is 2.83 bits per heavy atom. The van der Waals surface area contributed by atoms with E-state index in [9.17, 15) is 8.42 Å². The monoisotopic (exact) mass is 339 g/mol. The Bertz CT molecular complexity index is 636. The van der Waals surface area contributed by atoms with Crippen LogP contribution in [0.4, 0.5) is 5.82 Å². The summed E-state index contributed by atoms with van der Waals surface area (Å²) in [5.74, 6) is 0.450. The van der Waals surface area contributed by atoms with E-state index in [0.717, 1.165) is 32.3 Å². The minimum Gasteiger partial charge on any atom is -0.381 e. The van der Waals surface area contributed by atoms with Crippen LogP contribution in [-0.4, -0.2) is 50.6 Å². The number of ether oxygens (including phenoxy) is 1. The van der Waals surface area contributed by atoms with Gasteiger partial charge in [0.15, 0.2) is 0 Å². The third-order valence-corrected chi connectivity index (χ3v) is 6.62. The van der Waals surface area contributed by atoms with E-state index in [1.165, 1.54) is 0 Å². The molecule has 0 saturated carbocycles. The predicted molar refractivity (Wildman–Crippen MR) is 88.9 cm³/mol. The van der Waals surface area contributed by atoms with Gasteiger partial charge in [0.1, 0.15) is 10.7 Å². The van der Waals surface area contributed by atoms with Crippen LogP contribution in [0.1, 0.15) is 32.6 Å². The first-order chi connectivity index (χ1) is 11.0. The van der Waals surface area contributed by atoms with Crippen LogP contribution < -0.4 is 5.32 Å². The summed E-state index contributed by atoms with van der Waals surface area (Å²) in [5.41, 5.74) is 0.0314. The molecule has 7 heteroatoms. The number of nitrogens with zero attached hydrogens (tertiary/aromatic N) is 2. The van der Waals surface area contributed by atoms with Gasteiger partial charge in [0.2, 0.25) is 10.0 Å². The summed E-state index contributed by atoms with van der Waals surface area (Å²) >= 11 is 0. The maximum absolute atomic E-state index is 12.9. The van der Waals surface area contributed by atoms with Crippen molar-refractivity contribution in [2.24, 2.45) is 5.41 Å². The molecule has 3 rings (SSSR count). The molecule has 0 aliphatic carbocycles. The molecule has 2 fully saturated rings. The van der Waals surface area contributed by atoms with E-state index >= 15 is 0 Å². The molecule has 1 aromatic rings. The summed E-state index contributed by atoms with van der Waals surface area (Å²) in [6.45, 7) is 5.46. The van der Waals surface area contributed by atoms with E-state index in [1.807, 2.05) is 0 Å². The highest BCUT2D eigenvalue weighted by Crippen LogP contribution is 2.30. The zero-order valence-corrected chi connectivity index (χ0v) is 14.4. The number of aromatic nitrogens is 1. The molecule has 0 radical (unpaired) electrons. The minimum atomic E-state index is -3.48. The molecule has 1 N–H and O–H groups in total. The van der Waals surface area contributed by atoms with Crippen molar-refractivity contribution in [2.75, 3.05) is 38.2 Å². The quantitative estimate of drug-likeness (QED) is 0.889. The fourth-order valence-electron chi connectivity index (χ4n) is 3.12. The Morgan fingerprint density at radius 1 is 1.35 bits per heavy atom. The number of rotatable bonds is 5. The number of piperidine rings is 1. The summed E-state index contributed by atoms with van der Waals surface area (Å²) in [6, 6.07) is 3.33. The van der Waals surface area contributed by atoms with E-state index in [0.29, 0.717) is 32.1 Å². The van der Waals surface area contributed by atoms with Gasteiger partial charge >= 0.3 is 0 Å². The second-order valence-corrected chi connectivity index (χ2v) is 8.69. The molecule has 0 aromatic carbocycles. The van der Waals surface area contributed by atoms with Crippen LogP contribution in [0.3, 0.4) is 0 Å². The Kier molecular flexibility index (Phi) is 4.89. The Labute approximate surface area is 138 Å². The van der Waals surface area contributed by atoms with Gasteiger partial charge in [-0.05, 0) is 31.4 Å². The second-order valence-electron chi connectivity index (χ2n) is 6.78. The van der Waals surface area contributed by atoms with Gasteiger partial charge in [-0.2, -0.15) is 4.31 Å². The second kappa shape index (κ2) is 6.75. The third-order valence-electron chi connectivity index (χ3n) is 4.69. The Morgan fingerprint density at radius 2 is 2.13 bits per heavy atom. The van der Waals surface area contributed by atoms with Crippen molar-refractivity contribution in [1.29, 1.82) is 0 Å². The molecule has 1 aromatic heterocycles. The Balaban J connectivity index is 1.79. The van der Waals surface area contributed by atoms with Crippen LogP contribution in [0.5, 0.6) is 0 Å². The molecular weight excluding hydrogens is 314 g/mol. The fraction of sp³-hybridized carbons (Fsp3) is 0.688. The van der Waals surface area contributed by atoms with Crippen molar-refractivity contribution in [2.45, 2.75) is 37.5 Å². The lowest BCUT2D eigenvalue weighted by Crippen LogP contribution is -2.36. The van der Waals surface area contributed by atoms with Gasteiger partial charge < -0.3 is 10.1 Å². The largest absolute Gasteiger partial charge is 0.381 e. The van der Waals surface area contributed by atoms with Gasteiger partial charge in [-0.3, -0.25) is 0 Å². The molecule has 0 bridgehead atoms. The predicted octanol–water partition coefficient (Wildman–Crippen LogP) is 2.09. The molecule has 2 aliphatic heterocycles. The molecule has 1 atom stereocenters. The summed E-state index contributed by atoms with van der Waals surface area (Å²) in [5, 5.41) is 3.24. The van der Waals surface area contributed by atoms with E-state index in [2.05, 4.69) is 17.2 Å². The van der Waals surface area contributed by atoms with Gasteiger partial charge in [0, 0.05) is 37.9 Å².